The van der Waals surface area contributed by atoms with Gasteiger partial charge in [0.25, 0.3) is 5.91 Å². The van der Waals surface area contributed by atoms with Gasteiger partial charge in [-0.05, 0) is 55.8 Å². The van der Waals surface area contributed by atoms with E-state index in [-0.39, 0.29) is 6.61 Å². The van der Waals surface area contributed by atoms with Crippen molar-refractivity contribution < 1.29 is 14.3 Å². The molecular formula is C21H25N2O3. The number of hydrogen-bond acceptors (Lipinski definition) is 4. The fourth-order valence-electron chi connectivity index (χ4n) is 3.08. The molecule has 26 heavy (non-hydrogen) atoms. The van der Waals surface area contributed by atoms with Crippen molar-refractivity contribution in [2.75, 3.05) is 32.8 Å². The number of carbonyl (C=O) groups is 1. The average molecular weight is 353 g/mol. The minimum absolute atomic E-state index is 0.110. The number of ether oxygens (including phenoxy) is 2. The molecule has 1 aliphatic heterocycles. The molecule has 1 fully saturated rings. The van der Waals surface area contributed by atoms with Crippen LogP contribution in [-0.2, 0) is 11.2 Å². The highest BCUT2D eigenvalue weighted by molar-refractivity contribution is 5.75. The third-order valence-electron chi connectivity index (χ3n) is 4.45. The van der Waals surface area contributed by atoms with Crippen LogP contribution in [0.2, 0.25) is 0 Å². The van der Waals surface area contributed by atoms with E-state index in [1.54, 1.807) is 0 Å². The van der Waals surface area contributed by atoms with E-state index in [2.05, 4.69) is 11.0 Å². The first-order chi connectivity index (χ1) is 12.7. The topological polar surface area (TPSA) is 64.8 Å². The van der Waals surface area contributed by atoms with E-state index in [9.17, 15) is 4.79 Å². The van der Waals surface area contributed by atoms with Gasteiger partial charge in [-0.3, -0.25) is 9.69 Å². The van der Waals surface area contributed by atoms with Gasteiger partial charge in [0, 0.05) is 18.5 Å². The number of likely N-dealkylation sites (tertiary alicyclic amines) is 1. The first-order valence-corrected chi connectivity index (χ1v) is 9.05. The fraction of sp³-hybridized carbons (Fsp3) is 0.381. The molecule has 137 valence electrons. The molecule has 5 heteroatoms. The number of amides is 1. The van der Waals surface area contributed by atoms with Crippen LogP contribution in [0.4, 0.5) is 0 Å². The molecule has 1 amide bonds. The van der Waals surface area contributed by atoms with Crippen LogP contribution in [0.25, 0.3) is 0 Å². The van der Waals surface area contributed by atoms with Crippen LogP contribution in [0.3, 0.4) is 0 Å². The van der Waals surface area contributed by atoms with Gasteiger partial charge in [-0.2, -0.15) is 0 Å². The Kier molecular flexibility index (Phi) is 6.50. The number of nitrogens with zero attached hydrogens (tertiary/aromatic N) is 1. The predicted octanol–water partition coefficient (Wildman–Crippen LogP) is 2.42. The fourth-order valence-corrected chi connectivity index (χ4v) is 3.08. The number of rotatable bonds is 9. The summed E-state index contributed by atoms with van der Waals surface area (Å²) in [6, 6.07) is 16.8. The SMILES string of the molecule is NC(=O)COc1ccc(Cc2[c]cccc2OCCN2CCCC2)cc1. The summed E-state index contributed by atoms with van der Waals surface area (Å²) in [6.07, 6.45) is 3.32. The normalized spacial score (nSPS) is 14.3. The summed E-state index contributed by atoms with van der Waals surface area (Å²) in [5, 5.41) is 0. The van der Waals surface area contributed by atoms with E-state index in [4.69, 9.17) is 15.2 Å². The summed E-state index contributed by atoms with van der Waals surface area (Å²) in [5.41, 5.74) is 7.25. The summed E-state index contributed by atoms with van der Waals surface area (Å²) < 4.78 is 11.3. The van der Waals surface area contributed by atoms with Crippen LogP contribution < -0.4 is 15.2 Å². The van der Waals surface area contributed by atoms with Crippen molar-refractivity contribution in [3.8, 4) is 11.5 Å². The quantitative estimate of drug-likeness (QED) is 0.752. The number of primary amides is 1. The molecule has 3 rings (SSSR count). The smallest absolute Gasteiger partial charge is 0.255 e. The first-order valence-electron chi connectivity index (χ1n) is 9.05. The standard InChI is InChI=1S/C21H25N2O3/c22-21(24)16-26-19-9-7-17(8-10-19)15-18-5-1-2-6-20(18)25-14-13-23-11-3-4-12-23/h1-2,6-10H,3-4,11-16H2,(H2,22,24). The predicted molar refractivity (Wildman–Crippen MR) is 100 cm³/mol. The van der Waals surface area contributed by atoms with E-state index in [0.717, 1.165) is 29.8 Å². The van der Waals surface area contributed by atoms with Gasteiger partial charge >= 0.3 is 0 Å². The lowest BCUT2D eigenvalue weighted by molar-refractivity contribution is -0.119. The van der Waals surface area contributed by atoms with E-state index in [0.29, 0.717) is 12.4 Å². The Labute approximate surface area is 154 Å². The molecule has 0 bridgehead atoms. The lowest BCUT2D eigenvalue weighted by Crippen LogP contribution is -2.25. The molecule has 1 aliphatic rings. The van der Waals surface area contributed by atoms with Crippen molar-refractivity contribution in [2.45, 2.75) is 19.3 Å². The molecule has 2 aromatic rings. The average Bonchev–Trinajstić information content (AvgIpc) is 3.16. The molecule has 1 heterocycles. The van der Waals surface area contributed by atoms with Gasteiger partial charge in [-0.25, -0.2) is 0 Å². The zero-order valence-electron chi connectivity index (χ0n) is 14.9. The Balaban J connectivity index is 1.56. The minimum Gasteiger partial charge on any atom is -0.492 e. The van der Waals surface area contributed by atoms with Crippen LogP contribution in [0.5, 0.6) is 11.5 Å². The van der Waals surface area contributed by atoms with E-state index in [1.165, 1.54) is 25.9 Å². The molecular weight excluding hydrogens is 328 g/mol. The Morgan fingerprint density at radius 3 is 2.62 bits per heavy atom. The first kappa shape index (κ1) is 18.3. The van der Waals surface area contributed by atoms with Crippen molar-refractivity contribution in [1.29, 1.82) is 0 Å². The van der Waals surface area contributed by atoms with Crippen LogP contribution in [-0.4, -0.2) is 43.7 Å². The number of carbonyl (C=O) groups excluding carboxylic acids is 1. The largest absolute Gasteiger partial charge is 0.492 e. The second kappa shape index (κ2) is 9.25. The summed E-state index contributed by atoms with van der Waals surface area (Å²) in [7, 11) is 0. The van der Waals surface area contributed by atoms with Gasteiger partial charge < -0.3 is 15.2 Å². The maximum Gasteiger partial charge on any atom is 0.255 e. The van der Waals surface area contributed by atoms with Crippen molar-refractivity contribution in [1.82, 2.24) is 4.90 Å². The molecule has 0 atom stereocenters. The van der Waals surface area contributed by atoms with Crippen molar-refractivity contribution in [2.24, 2.45) is 5.73 Å². The van der Waals surface area contributed by atoms with Crippen molar-refractivity contribution in [3.63, 3.8) is 0 Å². The Bertz CT molecular complexity index is 709. The van der Waals surface area contributed by atoms with E-state index >= 15 is 0 Å². The van der Waals surface area contributed by atoms with Crippen molar-refractivity contribution >= 4 is 5.91 Å². The molecule has 0 aromatic heterocycles. The number of nitrogens with two attached hydrogens (primary N) is 1. The Hall–Kier alpha value is -2.53. The molecule has 0 aliphatic carbocycles. The van der Waals surface area contributed by atoms with Crippen LogP contribution in [0.1, 0.15) is 24.0 Å². The monoisotopic (exact) mass is 353 g/mol. The van der Waals surface area contributed by atoms with Gasteiger partial charge in [-0.15, -0.1) is 0 Å². The molecule has 1 saturated heterocycles. The third-order valence-corrected chi connectivity index (χ3v) is 4.45. The van der Waals surface area contributed by atoms with E-state index < -0.39 is 5.91 Å². The highest BCUT2D eigenvalue weighted by Crippen LogP contribution is 2.22. The van der Waals surface area contributed by atoms with Gasteiger partial charge in [0.15, 0.2) is 6.61 Å². The molecule has 0 unspecified atom stereocenters. The van der Waals surface area contributed by atoms with Gasteiger partial charge in [0.2, 0.25) is 0 Å². The van der Waals surface area contributed by atoms with Crippen LogP contribution in [0, 0.1) is 6.07 Å². The maximum absolute atomic E-state index is 10.8. The van der Waals surface area contributed by atoms with Crippen molar-refractivity contribution in [3.05, 3.63) is 59.7 Å². The highest BCUT2D eigenvalue weighted by Gasteiger charge is 2.11. The van der Waals surface area contributed by atoms with Gasteiger partial charge in [0.05, 0.1) is 0 Å². The number of hydrogen-bond donors (Lipinski definition) is 1. The zero-order valence-corrected chi connectivity index (χ0v) is 14.9. The lowest BCUT2D eigenvalue weighted by Gasteiger charge is -2.16. The van der Waals surface area contributed by atoms with Crippen LogP contribution in [0.15, 0.2) is 42.5 Å². The molecule has 1 radical (unpaired) electrons. The second-order valence-corrected chi connectivity index (χ2v) is 6.49. The molecule has 0 saturated carbocycles. The van der Waals surface area contributed by atoms with Gasteiger partial charge in [-0.1, -0.05) is 24.3 Å². The summed E-state index contributed by atoms with van der Waals surface area (Å²) in [4.78, 5) is 13.2. The molecule has 5 nitrogen and oxygen atoms in total. The second-order valence-electron chi connectivity index (χ2n) is 6.49. The lowest BCUT2D eigenvalue weighted by atomic mass is 10.0. The minimum atomic E-state index is -0.483. The summed E-state index contributed by atoms with van der Waals surface area (Å²) >= 11 is 0. The van der Waals surface area contributed by atoms with Crippen LogP contribution >= 0.6 is 0 Å². The van der Waals surface area contributed by atoms with E-state index in [1.807, 2.05) is 42.5 Å². The number of benzene rings is 2. The highest BCUT2D eigenvalue weighted by atomic mass is 16.5. The summed E-state index contributed by atoms with van der Waals surface area (Å²) in [5.74, 6) is 1.04. The molecule has 2 aromatic carbocycles. The molecule has 0 spiro atoms. The zero-order chi connectivity index (χ0) is 18.2. The third kappa shape index (κ3) is 5.49. The Morgan fingerprint density at radius 2 is 1.88 bits per heavy atom. The maximum atomic E-state index is 10.8. The Morgan fingerprint density at radius 1 is 1.12 bits per heavy atom. The summed E-state index contributed by atoms with van der Waals surface area (Å²) in [6.45, 7) is 3.93. The van der Waals surface area contributed by atoms with Gasteiger partial charge in [0.1, 0.15) is 18.1 Å². The molecule has 2 N–H and O–H groups in total.